The van der Waals surface area contributed by atoms with Gasteiger partial charge in [0.1, 0.15) is 11.5 Å². The third kappa shape index (κ3) is 1.71. The zero-order valence-electron chi connectivity index (χ0n) is 9.74. The van der Waals surface area contributed by atoms with Crippen molar-refractivity contribution in [3.8, 4) is 5.69 Å². The molecule has 0 spiro atoms. The molecule has 1 atom stereocenters. The molecule has 0 unspecified atom stereocenters. The van der Waals surface area contributed by atoms with Crippen molar-refractivity contribution in [3.05, 3.63) is 47.3 Å². The van der Waals surface area contributed by atoms with Crippen molar-refractivity contribution < 1.29 is 8.78 Å². The standard InChI is InChI=1S/C13H13F2N3/c14-8-4-5-13(10(15)6-8)18-12-3-1-2-11(16)9(12)7-17-18/h4-7,11H,1-3,16H2/t11-/m0/s1. The Hall–Kier alpha value is -1.75. The maximum absolute atomic E-state index is 13.7. The molecule has 1 aliphatic rings. The molecule has 0 saturated carbocycles. The average molecular weight is 249 g/mol. The molecule has 2 N–H and O–H groups in total. The van der Waals surface area contributed by atoms with Gasteiger partial charge in [0, 0.05) is 23.4 Å². The van der Waals surface area contributed by atoms with Crippen molar-refractivity contribution in [1.82, 2.24) is 9.78 Å². The summed E-state index contributed by atoms with van der Waals surface area (Å²) in [5.74, 6) is -1.20. The molecule has 3 nitrogen and oxygen atoms in total. The Morgan fingerprint density at radius 2 is 2.17 bits per heavy atom. The summed E-state index contributed by atoms with van der Waals surface area (Å²) < 4.78 is 28.2. The number of benzene rings is 1. The number of nitrogens with two attached hydrogens (primary N) is 1. The first-order chi connectivity index (χ1) is 8.66. The van der Waals surface area contributed by atoms with Gasteiger partial charge >= 0.3 is 0 Å². The molecule has 5 heteroatoms. The van der Waals surface area contributed by atoms with Gasteiger partial charge in [0.2, 0.25) is 0 Å². The number of halogens is 2. The van der Waals surface area contributed by atoms with Gasteiger partial charge in [-0.05, 0) is 31.4 Å². The van der Waals surface area contributed by atoms with E-state index < -0.39 is 11.6 Å². The molecule has 2 aromatic rings. The fourth-order valence-electron chi connectivity index (χ4n) is 2.45. The van der Waals surface area contributed by atoms with Crippen LogP contribution in [-0.2, 0) is 6.42 Å². The normalized spacial score (nSPS) is 18.7. The maximum Gasteiger partial charge on any atom is 0.151 e. The van der Waals surface area contributed by atoms with Crippen LogP contribution in [0.15, 0.2) is 24.4 Å². The smallest absolute Gasteiger partial charge is 0.151 e. The topological polar surface area (TPSA) is 43.8 Å². The van der Waals surface area contributed by atoms with E-state index in [0.29, 0.717) is 0 Å². The van der Waals surface area contributed by atoms with E-state index in [9.17, 15) is 8.78 Å². The van der Waals surface area contributed by atoms with Gasteiger partial charge < -0.3 is 5.73 Å². The van der Waals surface area contributed by atoms with E-state index in [2.05, 4.69) is 5.10 Å². The monoisotopic (exact) mass is 249 g/mol. The molecule has 3 rings (SSSR count). The van der Waals surface area contributed by atoms with Gasteiger partial charge in [0.05, 0.1) is 6.20 Å². The molecular weight excluding hydrogens is 236 g/mol. The Morgan fingerprint density at radius 1 is 1.33 bits per heavy atom. The highest BCUT2D eigenvalue weighted by Gasteiger charge is 2.22. The molecule has 0 amide bonds. The van der Waals surface area contributed by atoms with Crippen LogP contribution in [0, 0.1) is 11.6 Å². The number of hydrogen-bond donors (Lipinski definition) is 1. The molecule has 1 aromatic carbocycles. The second-order valence-corrected chi connectivity index (χ2v) is 4.55. The maximum atomic E-state index is 13.7. The van der Waals surface area contributed by atoms with E-state index in [4.69, 9.17) is 5.73 Å². The molecule has 0 radical (unpaired) electrons. The van der Waals surface area contributed by atoms with Crippen LogP contribution in [0.1, 0.15) is 30.1 Å². The van der Waals surface area contributed by atoms with Gasteiger partial charge in [-0.15, -0.1) is 0 Å². The number of hydrogen-bond acceptors (Lipinski definition) is 2. The highest BCUT2D eigenvalue weighted by molar-refractivity contribution is 5.38. The number of rotatable bonds is 1. The van der Waals surface area contributed by atoms with E-state index in [1.807, 2.05) is 0 Å². The van der Waals surface area contributed by atoms with E-state index in [-0.39, 0.29) is 11.7 Å². The summed E-state index contributed by atoms with van der Waals surface area (Å²) in [4.78, 5) is 0. The molecule has 1 aliphatic carbocycles. The summed E-state index contributed by atoms with van der Waals surface area (Å²) in [6, 6.07) is 3.46. The Bertz CT molecular complexity index is 592. The SMILES string of the molecule is N[C@H]1CCCc2c1cnn2-c1ccc(F)cc1F. The summed E-state index contributed by atoms with van der Waals surface area (Å²) in [7, 11) is 0. The van der Waals surface area contributed by atoms with Gasteiger partial charge in [-0.1, -0.05) is 0 Å². The second-order valence-electron chi connectivity index (χ2n) is 4.55. The predicted octanol–water partition coefficient (Wildman–Crippen LogP) is 2.49. The highest BCUT2D eigenvalue weighted by atomic mass is 19.1. The van der Waals surface area contributed by atoms with Gasteiger partial charge in [0.15, 0.2) is 5.82 Å². The Balaban J connectivity index is 2.12. The van der Waals surface area contributed by atoms with Gasteiger partial charge in [-0.2, -0.15) is 5.10 Å². The van der Waals surface area contributed by atoms with Crippen LogP contribution in [0.4, 0.5) is 8.78 Å². The van der Waals surface area contributed by atoms with E-state index >= 15 is 0 Å². The van der Waals surface area contributed by atoms with E-state index in [1.165, 1.54) is 16.8 Å². The number of aromatic nitrogens is 2. The second kappa shape index (κ2) is 4.17. The van der Waals surface area contributed by atoms with Crippen molar-refractivity contribution >= 4 is 0 Å². The largest absolute Gasteiger partial charge is 0.324 e. The van der Waals surface area contributed by atoms with E-state index in [0.717, 1.165) is 36.6 Å². The minimum Gasteiger partial charge on any atom is -0.324 e. The molecule has 1 aromatic heterocycles. The zero-order valence-corrected chi connectivity index (χ0v) is 9.74. The molecule has 94 valence electrons. The lowest BCUT2D eigenvalue weighted by atomic mass is 9.94. The highest BCUT2D eigenvalue weighted by Crippen LogP contribution is 2.29. The van der Waals surface area contributed by atoms with Crippen molar-refractivity contribution in [3.63, 3.8) is 0 Å². The molecule has 18 heavy (non-hydrogen) atoms. The summed E-state index contributed by atoms with van der Waals surface area (Å²) in [6.45, 7) is 0. The summed E-state index contributed by atoms with van der Waals surface area (Å²) in [5, 5.41) is 4.18. The first-order valence-corrected chi connectivity index (χ1v) is 5.94. The van der Waals surface area contributed by atoms with Crippen molar-refractivity contribution in [2.75, 3.05) is 0 Å². The average Bonchev–Trinajstić information content (AvgIpc) is 2.74. The van der Waals surface area contributed by atoms with Crippen LogP contribution >= 0.6 is 0 Å². The summed E-state index contributed by atoms with van der Waals surface area (Å²) in [5.41, 5.74) is 8.16. The fourth-order valence-corrected chi connectivity index (χ4v) is 2.45. The number of fused-ring (bicyclic) bond motifs is 1. The van der Waals surface area contributed by atoms with Gasteiger partial charge in [-0.25, -0.2) is 13.5 Å². The Kier molecular flexibility index (Phi) is 2.63. The van der Waals surface area contributed by atoms with Crippen LogP contribution in [0.2, 0.25) is 0 Å². The third-order valence-corrected chi connectivity index (χ3v) is 3.37. The lowest BCUT2D eigenvalue weighted by Crippen LogP contribution is -2.18. The van der Waals surface area contributed by atoms with Crippen LogP contribution in [0.25, 0.3) is 5.69 Å². The molecule has 0 fully saturated rings. The quantitative estimate of drug-likeness (QED) is 0.843. The van der Waals surface area contributed by atoms with Crippen molar-refractivity contribution in [2.24, 2.45) is 5.73 Å². The minimum absolute atomic E-state index is 0.0361. The third-order valence-electron chi connectivity index (χ3n) is 3.37. The zero-order chi connectivity index (χ0) is 12.7. The molecule has 1 heterocycles. The van der Waals surface area contributed by atoms with Gasteiger partial charge in [-0.3, -0.25) is 0 Å². The van der Waals surface area contributed by atoms with Crippen LogP contribution in [0.3, 0.4) is 0 Å². The summed E-state index contributed by atoms with van der Waals surface area (Å²) in [6.07, 6.45) is 4.38. The molecule has 0 aliphatic heterocycles. The van der Waals surface area contributed by atoms with Gasteiger partial charge in [0.25, 0.3) is 0 Å². The van der Waals surface area contributed by atoms with Crippen molar-refractivity contribution in [1.29, 1.82) is 0 Å². The molecule has 0 saturated heterocycles. The van der Waals surface area contributed by atoms with Crippen LogP contribution in [0.5, 0.6) is 0 Å². The Morgan fingerprint density at radius 3 is 2.94 bits per heavy atom. The van der Waals surface area contributed by atoms with Crippen LogP contribution in [-0.4, -0.2) is 9.78 Å². The van der Waals surface area contributed by atoms with Crippen LogP contribution < -0.4 is 5.73 Å². The summed E-state index contributed by atoms with van der Waals surface area (Å²) >= 11 is 0. The lowest BCUT2D eigenvalue weighted by Gasteiger charge is -2.19. The lowest BCUT2D eigenvalue weighted by molar-refractivity contribution is 0.546. The first-order valence-electron chi connectivity index (χ1n) is 5.94. The predicted molar refractivity (Wildman–Crippen MR) is 63.3 cm³/mol. The molecular formula is C13H13F2N3. The fraction of sp³-hybridized carbons (Fsp3) is 0.308. The molecule has 0 bridgehead atoms. The van der Waals surface area contributed by atoms with E-state index in [1.54, 1.807) is 6.20 Å². The Labute approximate surface area is 103 Å². The minimum atomic E-state index is -0.611. The van der Waals surface area contributed by atoms with Crippen molar-refractivity contribution in [2.45, 2.75) is 25.3 Å². The first kappa shape index (κ1) is 11.3. The number of nitrogens with zero attached hydrogens (tertiary/aromatic N) is 2.